The number of anilines is 1. The van der Waals surface area contributed by atoms with Crippen LogP contribution in [0.4, 0.5) is 5.95 Å². The molecule has 1 aliphatic rings. The second kappa shape index (κ2) is 5.54. The van der Waals surface area contributed by atoms with Crippen molar-refractivity contribution >= 4 is 5.95 Å². The third kappa shape index (κ3) is 3.21. The lowest BCUT2D eigenvalue weighted by atomic mass is 9.77. The van der Waals surface area contributed by atoms with Crippen LogP contribution >= 0.6 is 0 Å². The Morgan fingerprint density at radius 3 is 3.00 bits per heavy atom. The van der Waals surface area contributed by atoms with E-state index in [2.05, 4.69) is 22.2 Å². The van der Waals surface area contributed by atoms with Gasteiger partial charge in [-0.25, -0.2) is 9.97 Å². The molecule has 1 saturated carbocycles. The van der Waals surface area contributed by atoms with E-state index in [9.17, 15) is 5.11 Å². The van der Waals surface area contributed by atoms with Crippen LogP contribution in [0.5, 0.6) is 0 Å². The lowest BCUT2D eigenvalue weighted by molar-refractivity contribution is 0.149. The molecule has 0 radical (unpaired) electrons. The van der Waals surface area contributed by atoms with Gasteiger partial charge in [0.1, 0.15) is 11.8 Å². The summed E-state index contributed by atoms with van der Waals surface area (Å²) in [4.78, 5) is 8.48. The topological polar surface area (TPSA) is 81.8 Å². The predicted octanol–water partition coefficient (Wildman–Crippen LogP) is 2.01. The number of nitriles is 1. The number of aliphatic hydroxyl groups excluding tert-OH is 1. The smallest absolute Gasteiger partial charge is 0.224 e. The van der Waals surface area contributed by atoms with Gasteiger partial charge in [0, 0.05) is 5.69 Å². The van der Waals surface area contributed by atoms with Gasteiger partial charge >= 0.3 is 0 Å². The molecule has 1 heterocycles. The van der Waals surface area contributed by atoms with Gasteiger partial charge in [-0.1, -0.05) is 19.8 Å². The van der Waals surface area contributed by atoms with Crippen molar-refractivity contribution < 1.29 is 5.11 Å². The summed E-state index contributed by atoms with van der Waals surface area (Å²) in [5.74, 6) is 1.02. The van der Waals surface area contributed by atoms with Crippen molar-refractivity contribution in [3.05, 3.63) is 17.5 Å². The lowest BCUT2D eigenvalue weighted by Gasteiger charge is -2.39. The second-order valence-corrected chi connectivity index (χ2v) is 5.59. The van der Waals surface area contributed by atoms with Crippen LogP contribution in [-0.4, -0.2) is 27.2 Å². The standard InChI is InChI=1S/C14H20N4O/c1-10-4-3-5-14(7-10,9-19)18-13-16-11(2)6-12(8-15)17-13/h6,10,19H,3-5,7,9H2,1-2H3,(H,16,17,18). The molecule has 0 aromatic carbocycles. The minimum absolute atomic E-state index is 0.0660. The Morgan fingerprint density at radius 2 is 2.37 bits per heavy atom. The summed E-state index contributed by atoms with van der Waals surface area (Å²) in [6.45, 7) is 4.10. The number of nitrogens with one attached hydrogen (secondary N) is 1. The molecule has 19 heavy (non-hydrogen) atoms. The van der Waals surface area contributed by atoms with Gasteiger partial charge in [0.15, 0.2) is 0 Å². The highest BCUT2D eigenvalue weighted by Gasteiger charge is 2.35. The van der Waals surface area contributed by atoms with Crippen LogP contribution in [-0.2, 0) is 0 Å². The van der Waals surface area contributed by atoms with E-state index in [-0.39, 0.29) is 12.1 Å². The number of aliphatic hydroxyl groups is 1. The largest absolute Gasteiger partial charge is 0.394 e. The van der Waals surface area contributed by atoms with Crippen LogP contribution < -0.4 is 5.32 Å². The maximum Gasteiger partial charge on any atom is 0.224 e. The third-order valence-electron chi connectivity index (χ3n) is 3.74. The number of hydrogen-bond acceptors (Lipinski definition) is 5. The van der Waals surface area contributed by atoms with Crippen LogP contribution in [0.15, 0.2) is 6.07 Å². The molecule has 2 atom stereocenters. The first-order valence-corrected chi connectivity index (χ1v) is 6.72. The molecule has 102 valence electrons. The molecule has 0 amide bonds. The van der Waals surface area contributed by atoms with E-state index in [0.717, 1.165) is 25.0 Å². The SMILES string of the molecule is Cc1cc(C#N)nc(NC2(CO)CCCC(C)C2)n1. The first kappa shape index (κ1) is 13.8. The van der Waals surface area contributed by atoms with Gasteiger partial charge in [0.2, 0.25) is 5.95 Å². The first-order chi connectivity index (χ1) is 9.07. The minimum atomic E-state index is -0.349. The van der Waals surface area contributed by atoms with Crippen molar-refractivity contribution in [1.29, 1.82) is 5.26 Å². The summed E-state index contributed by atoms with van der Waals surface area (Å²) in [5.41, 5.74) is 0.760. The Kier molecular flexibility index (Phi) is 4.01. The van der Waals surface area contributed by atoms with Gasteiger partial charge in [0.05, 0.1) is 12.1 Å². The van der Waals surface area contributed by atoms with E-state index in [1.54, 1.807) is 6.07 Å². The van der Waals surface area contributed by atoms with Crippen molar-refractivity contribution in [2.24, 2.45) is 5.92 Å². The number of aryl methyl sites for hydroxylation is 1. The summed E-state index contributed by atoms with van der Waals surface area (Å²) in [6, 6.07) is 3.68. The summed E-state index contributed by atoms with van der Waals surface area (Å²) >= 11 is 0. The van der Waals surface area contributed by atoms with Crippen molar-refractivity contribution in [2.45, 2.75) is 45.1 Å². The summed E-state index contributed by atoms with van der Waals surface area (Å²) < 4.78 is 0. The van der Waals surface area contributed by atoms with Gasteiger partial charge in [-0.15, -0.1) is 0 Å². The van der Waals surface area contributed by atoms with E-state index >= 15 is 0 Å². The molecule has 2 N–H and O–H groups in total. The molecule has 2 unspecified atom stereocenters. The number of aromatic nitrogens is 2. The van der Waals surface area contributed by atoms with Crippen LogP contribution in [0, 0.1) is 24.2 Å². The van der Waals surface area contributed by atoms with Crippen LogP contribution in [0.2, 0.25) is 0 Å². The minimum Gasteiger partial charge on any atom is -0.394 e. The highest BCUT2D eigenvalue weighted by Crippen LogP contribution is 2.34. The fraction of sp³-hybridized carbons (Fsp3) is 0.643. The Morgan fingerprint density at radius 1 is 1.58 bits per heavy atom. The summed E-state index contributed by atoms with van der Waals surface area (Å²) in [7, 11) is 0. The molecule has 5 heteroatoms. The highest BCUT2D eigenvalue weighted by atomic mass is 16.3. The maximum atomic E-state index is 9.73. The summed E-state index contributed by atoms with van der Waals surface area (Å²) in [6.07, 6.45) is 4.10. The van der Waals surface area contributed by atoms with Crippen molar-refractivity contribution in [3.8, 4) is 6.07 Å². The predicted molar refractivity (Wildman–Crippen MR) is 72.6 cm³/mol. The quantitative estimate of drug-likeness (QED) is 0.868. The van der Waals surface area contributed by atoms with Crippen molar-refractivity contribution in [3.63, 3.8) is 0 Å². The van der Waals surface area contributed by atoms with Gasteiger partial charge < -0.3 is 10.4 Å². The molecule has 1 aromatic heterocycles. The molecule has 1 aromatic rings. The van der Waals surface area contributed by atoms with E-state index in [1.165, 1.54) is 6.42 Å². The van der Waals surface area contributed by atoms with Crippen LogP contribution in [0.3, 0.4) is 0 Å². The first-order valence-electron chi connectivity index (χ1n) is 6.72. The molecule has 0 spiro atoms. The average Bonchev–Trinajstić information content (AvgIpc) is 2.38. The zero-order valence-electron chi connectivity index (χ0n) is 11.5. The molecular formula is C14H20N4O. The van der Waals surface area contributed by atoms with E-state index < -0.39 is 0 Å². The van der Waals surface area contributed by atoms with Crippen LogP contribution in [0.25, 0.3) is 0 Å². The zero-order valence-corrected chi connectivity index (χ0v) is 11.5. The maximum absolute atomic E-state index is 9.73. The Labute approximate surface area is 113 Å². The molecule has 1 aliphatic carbocycles. The highest BCUT2D eigenvalue weighted by molar-refractivity contribution is 5.36. The normalized spacial score (nSPS) is 26.7. The molecule has 0 saturated heterocycles. The van der Waals surface area contributed by atoms with Gasteiger partial charge in [-0.05, 0) is 31.7 Å². The number of rotatable bonds is 3. The average molecular weight is 260 g/mol. The number of nitrogens with zero attached hydrogens (tertiary/aromatic N) is 3. The van der Waals surface area contributed by atoms with E-state index in [0.29, 0.717) is 17.6 Å². The fourth-order valence-corrected chi connectivity index (χ4v) is 2.88. The monoisotopic (exact) mass is 260 g/mol. The molecule has 5 nitrogen and oxygen atoms in total. The van der Waals surface area contributed by atoms with Gasteiger partial charge in [0.25, 0.3) is 0 Å². The van der Waals surface area contributed by atoms with Gasteiger partial charge in [-0.3, -0.25) is 0 Å². The molecule has 2 rings (SSSR count). The van der Waals surface area contributed by atoms with Crippen molar-refractivity contribution in [1.82, 2.24) is 9.97 Å². The Balaban J connectivity index is 2.23. The van der Waals surface area contributed by atoms with Gasteiger partial charge in [-0.2, -0.15) is 5.26 Å². The molecule has 0 aliphatic heterocycles. The van der Waals surface area contributed by atoms with E-state index in [4.69, 9.17) is 5.26 Å². The van der Waals surface area contributed by atoms with Crippen molar-refractivity contribution in [2.75, 3.05) is 11.9 Å². The fourth-order valence-electron chi connectivity index (χ4n) is 2.88. The number of hydrogen-bond donors (Lipinski definition) is 2. The lowest BCUT2D eigenvalue weighted by Crippen LogP contribution is -2.46. The molecule has 0 bridgehead atoms. The second-order valence-electron chi connectivity index (χ2n) is 5.59. The molecule has 1 fully saturated rings. The van der Waals surface area contributed by atoms with E-state index in [1.807, 2.05) is 13.0 Å². The Bertz CT molecular complexity index is 497. The van der Waals surface area contributed by atoms with Crippen LogP contribution in [0.1, 0.15) is 44.0 Å². The Hall–Kier alpha value is -1.67. The zero-order chi connectivity index (χ0) is 13.9. The molecular weight excluding hydrogens is 240 g/mol. The third-order valence-corrected chi connectivity index (χ3v) is 3.74. The summed E-state index contributed by atoms with van der Waals surface area (Å²) in [5, 5.41) is 21.9.